The number of amides is 1. The van der Waals surface area contributed by atoms with Crippen molar-refractivity contribution >= 4 is 28.8 Å². The molecule has 2 aromatic heterocycles. The van der Waals surface area contributed by atoms with Gasteiger partial charge in [-0.3, -0.25) is 4.79 Å². The molecule has 2 heterocycles. The highest BCUT2D eigenvalue weighted by Gasteiger charge is 2.14. The van der Waals surface area contributed by atoms with E-state index in [0.717, 1.165) is 28.8 Å². The fourth-order valence-electron chi connectivity index (χ4n) is 2.16. The summed E-state index contributed by atoms with van der Waals surface area (Å²) in [5, 5.41) is 2.77. The van der Waals surface area contributed by atoms with E-state index in [1.807, 2.05) is 24.3 Å². The maximum Gasteiger partial charge on any atom is 0.261 e. The molecule has 0 spiro atoms. The van der Waals surface area contributed by atoms with Crippen molar-refractivity contribution in [3.63, 3.8) is 0 Å². The van der Waals surface area contributed by atoms with Gasteiger partial charge in [0.05, 0.1) is 23.1 Å². The summed E-state index contributed by atoms with van der Waals surface area (Å²) >= 11 is 6.84. The van der Waals surface area contributed by atoms with E-state index in [0.29, 0.717) is 16.3 Å². The molecule has 128 valence electrons. The monoisotopic (exact) mass is 377 g/mol. The van der Waals surface area contributed by atoms with Crippen LogP contribution < -0.4 is 10.1 Å². The lowest BCUT2D eigenvalue weighted by Gasteiger charge is -2.06. The lowest BCUT2D eigenvalue weighted by molar-refractivity contribution is 0.0955. The van der Waals surface area contributed by atoms with Crippen LogP contribution in [0.2, 0.25) is 5.28 Å². The van der Waals surface area contributed by atoms with Gasteiger partial charge in [0.15, 0.2) is 5.82 Å². The highest BCUT2D eigenvalue weighted by molar-refractivity contribution is 7.17. The number of carbonyl (C=O) groups is 1. The largest absolute Gasteiger partial charge is 0.497 e. The number of methoxy groups -OCH3 is 1. The third kappa shape index (κ3) is 4.12. The van der Waals surface area contributed by atoms with Gasteiger partial charge < -0.3 is 10.1 Å². The summed E-state index contributed by atoms with van der Waals surface area (Å²) in [5.74, 6) is -0.115. The zero-order valence-corrected chi connectivity index (χ0v) is 14.7. The minimum absolute atomic E-state index is 0.0474. The Bertz CT molecular complexity index is 916. The highest BCUT2D eigenvalue weighted by atomic mass is 35.5. The Balaban J connectivity index is 1.71. The molecule has 0 aliphatic rings. The van der Waals surface area contributed by atoms with Crippen LogP contribution in [0.1, 0.15) is 15.2 Å². The van der Waals surface area contributed by atoms with Crippen molar-refractivity contribution in [3.05, 3.63) is 64.1 Å². The second-order valence-electron chi connectivity index (χ2n) is 5.03. The summed E-state index contributed by atoms with van der Waals surface area (Å²) in [6.07, 6.45) is 1.01. The molecule has 0 saturated carbocycles. The molecule has 1 amide bonds. The van der Waals surface area contributed by atoms with Crippen LogP contribution >= 0.6 is 22.9 Å². The van der Waals surface area contributed by atoms with Gasteiger partial charge in [-0.25, -0.2) is 14.4 Å². The summed E-state index contributed by atoms with van der Waals surface area (Å²) in [7, 11) is 1.59. The van der Waals surface area contributed by atoms with Crippen molar-refractivity contribution in [3.8, 4) is 16.3 Å². The number of halogens is 2. The van der Waals surface area contributed by atoms with E-state index < -0.39 is 5.82 Å². The molecule has 0 aliphatic carbocycles. The number of carbonyl (C=O) groups excluding carboxylic acids is 1. The number of hydrogen-bond donors (Lipinski definition) is 1. The van der Waals surface area contributed by atoms with Gasteiger partial charge in [0.2, 0.25) is 5.28 Å². The molecule has 0 unspecified atom stereocenters. The van der Waals surface area contributed by atoms with Crippen molar-refractivity contribution in [2.24, 2.45) is 0 Å². The van der Waals surface area contributed by atoms with Crippen molar-refractivity contribution in [1.29, 1.82) is 0 Å². The van der Waals surface area contributed by atoms with Crippen LogP contribution in [-0.2, 0) is 6.54 Å². The predicted octanol–water partition coefficient (Wildman–Crippen LogP) is 3.94. The third-order valence-electron chi connectivity index (χ3n) is 3.37. The molecular formula is C17H13ClFN3O2S. The van der Waals surface area contributed by atoms with Crippen molar-refractivity contribution in [1.82, 2.24) is 15.3 Å². The first-order valence-electron chi connectivity index (χ1n) is 7.26. The van der Waals surface area contributed by atoms with Gasteiger partial charge in [-0.05, 0) is 41.4 Å². The number of nitrogens with one attached hydrogen (secondary N) is 1. The molecule has 0 aliphatic heterocycles. The number of nitrogens with zero attached hydrogens (tertiary/aromatic N) is 2. The van der Waals surface area contributed by atoms with E-state index in [1.54, 1.807) is 19.2 Å². The Morgan fingerprint density at radius 1 is 1.36 bits per heavy atom. The summed E-state index contributed by atoms with van der Waals surface area (Å²) in [5.41, 5.74) is 0.995. The SMILES string of the molecule is COc1cccc(CNC(=O)c2ccc(-c3nc(Cl)ncc3F)s2)c1. The zero-order chi connectivity index (χ0) is 17.8. The Morgan fingerprint density at radius 3 is 3.00 bits per heavy atom. The van der Waals surface area contributed by atoms with E-state index in [1.165, 1.54) is 0 Å². The van der Waals surface area contributed by atoms with Crippen LogP contribution in [0.3, 0.4) is 0 Å². The topological polar surface area (TPSA) is 64.1 Å². The standard InChI is InChI=1S/C17H13ClFN3O2S/c1-24-11-4-2-3-10(7-11)8-20-16(23)14-6-5-13(25-14)15-12(19)9-21-17(18)22-15/h2-7,9H,8H2,1H3,(H,20,23). The fourth-order valence-corrected chi connectivity index (χ4v) is 3.20. The van der Waals surface area contributed by atoms with E-state index in [4.69, 9.17) is 16.3 Å². The normalized spacial score (nSPS) is 10.5. The van der Waals surface area contributed by atoms with Gasteiger partial charge in [0, 0.05) is 6.54 Å². The molecular weight excluding hydrogens is 365 g/mol. The van der Waals surface area contributed by atoms with Crippen LogP contribution in [0.5, 0.6) is 5.75 Å². The highest BCUT2D eigenvalue weighted by Crippen LogP contribution is 2.29. The number of rotatable bonds is 5. The Hall–Kier alpha value is -2.51. The van der Waals surface area contributed by atoms with Crippen molar-refractivity contribution in [2.45, 2.75) is 6.54 Å². The second-order valence-corrected chi connectivity index (χ2v) is 6.46. The molecule has 8 heteroatoms. The van der Waals surface area contributed by atoms with E-state index >= 15 is 0 Å². The number of hydrogen-bond acceptors (Lipinski definition) is 5. The number of thiophene rings is 1. The smallest absolute Gasteiger partial charge is 0.261 e. The lowest BCUT2D eigenvalue weighted by atomic mass is 10.2. The zero-order valence-electron chi connectivity index (χ0n) is 13.1. The molecule has 0 saturated heterocycles. The quantitative estimate of drug-likeness (QED) is 0.684. The minimum atomic E-state index is -0.588. The summed E-state index contributed by atoms with van der Waals surface area (Å²) in [6, 6.07) is 10.7. The molecule has 5 nitrogen and oxygen atoms in total. The van der Waals surface area contributed by atoms with Crippen molar-refractivity contribution < 1.29 is 13.9 Å². The van der Waals surface area contributed by atoms with Gasteiger partial charge in [-0.2, -0.15) is 0 Å². The summed E-state index contributed by atoms with van der Waals surface area (Å²) in [6.45, 7) is 0.358. The fraction of sp³-hybridized carbons (Fsp3) is 0.118. The van der Waals surface area contributed by atoms with Crippen LogP contribution in [0, 0.1) is 5.82 Å². The Kier molecular flexibility index (Phi) is 5.25. The van der Waals surface area contributed by atoms with E-state index in [-0.39, 0.29) is 16.9 Å². The van der Waals surface area contributed by atoms with Gasteiger partial charge in [-0.1, -0.05) is 12.1 Å². The predicted molar refractivity (Wildman–Crippen MR) is 94.5 cm³/mol. The summed E-state index contributed by atoms with van der Waals surface area (Å²) < 4.78 is 19.0. The van der Waals surface area contributed by atoms with Crippen LogP contribution in [0.25, 0.3) is 10.6 Å². The molecule has 1 aromatic carbocycles. The van der Waals surface area contributed by atoms with E-state index in [9.17, 15) is 9.18 Å². The summed E-state index contributed by atoms with van der Waals surface area (Å²) in [4.78, 5) is 20.7. The third-order valence-corrected chi connectivity index (χ3v) is 4.64. The molecule has 1 N–H and O–H groups in total. The molecule has 25 heavy (non-hydrogen) atoms. The average Bonchev–Trinajstić information content (AvgIpc) is 3.12. The molecule has 3 rings (SSSR count). The van der Waals surface area contributed by atoms with Crippen LogP contribution in [0.4, 0.5) is 4.39 Å². The van der Waals surface area contributed by atoms with Gasteiger partial charge in [0.25, 0.3) is 5.91 Å². The number of aromatic nitrogens is 2. The van der Waals surface area contributed by atoms with Crippen molar-refractivity contribution in [2.75, 3.05) is 7.11 Å². The number of ether oxygens (including phenoxy) is 1. The first kappa shape index (κ1) is 17.3. The molecule has 0 bridgehead atoms. The minimum Gasteiger partial charge on any atom is -0.497 e. The van der Waals surface area contributed by atoms with Crippen LogP contribution in [-0.4, -0.2) is 23.0 Å². The first-order valence-corrected chi connectivity index (χ1v) is 8.45. The lowest BCUT2D eigenvalue weighted by Crippen LogP contribution is -2.21. The average molecular weight is 378 g/mol. The molecule has 0 radical (unpaired) electrons. The maximum absolute atomic E-state index is 13.8. The molecule has 3 aromatic rings. The van der Waals surface area contributed by atoms with Crippen LogP contribution in [0.15, 0.2) is 42.6 Å². The maximum atomic E-state index is 13.8. The Labute approximate surface area is 152 Å². The second kappa shape index (κ2) is 7.58. The van der Waals surface area contributed by atoms with Gasteiger partial charge >= 0.3 is 0 Å². The first-order chi connectivity index (χ1) is 12.1. The van der Waals surface area contributed by atoms with Gasteiger partial charge in [0.1, 0.15) is 11.4 Å². The number of benzene rings is 1. The van der Waals surface area contributed by atoms with Gasteiger partial charge in [-0.15, -0.1) is 11.3 Å². The Morgan fingerprint density at radius 2 is 2.20 bits per heavy atom. The molecule has 0 fully saturated rings. The van der Waals surface area contributed by atoms with E-state index in [2.05, 4.69) is 15.3 Å². The molecule has 0 atom stereocenters.